The van der Waals surface area contributed by atoms with Gasteiger partial charge in [-0.15, -0.1) is 10.9 Å². The molecule has 3 aromatic rings. The molecule has 45 heavy (non-hydrogen) atoms. The Morgan fingerprint density at radius 3 is 1.04 bits per heavy atom. The van der Waals surface area contributed by atoms with E-state index in [9.17, 15) is 48.3 Å². The molecule has 13 heteroatoms. The van der Waals surface area contributed by atoms with Gasteiger partial charge in [0.25, 0.3) is 0 Å². The zero-order valence-electron chi connectivity index (χ0n) is 22.9. The van der Waals surface area contributed by atoms with Crippen molar-refractivity contribution < 1.29 is 74.5 Å². The SMILES string of the molecule is [CH2-]/C=C/C[B-](c1ccccc1F)(c1c(F)c(F)c(F)c(F)c1F)c1c(F)c(F)c(F)c(F)c1F.[CH]1[CH][CH][CH][CH]1.[CH]1[CH][CH][CH][CH]1.[Zr+4]. The van der Waals surface area contributed by atoms with Crippen LogP contribution in [0.2, 0.25) is 6.32 Å². The molecule has 10 radical (unpaired) electrons. The van der Waals surface area contributed by atoms with Gasteiger partial charge in [-0.1, -0.05) is 18.2 Å². The third-order valence-corrected chi connectivity index (χ3v) is 6.68. The van der Waals surface area contributed by atoms with E-state index in [4.69, 9.17) is 0 Å². The fourth-order valence-electron chi connectivity index (χ4n) is 4.74. The fraction of sp³-hybridized carbons (Fsp3) is 0.0312. The van der Waals surface area contributed by atoms with Gasteiger partial charge in [0, 0.05) is 0 Å². The predicted octanol–water partition coefficient (Wildman–Crippen LogP) is 7.12. The molecule has 0 bridgehead atoms. The van der Waals surface area contributed by atoms with Gasteiger partial charge in [-0.25, -0.2) is 67.6 Å². The van der Waals surface area contributed by atoms with E-state index in [1.165, 1.54) is 0 Å². The van der Waals surface area contributed by atoms with Crippen molar-refractivity contribution in [1.29, 1.82) is 0 Å². The van der Waals surface area contributed by atoms with Crippen LogP contribution in [0, 0.1) is 135 Å². The summed E-state index contributed by atoms with van der Waals surface area (Å²) in [6.45, 7) is 3.22. The summed E-state index contributed by atoms with van der Waals surface area (Å²) >= 11 is 0. The Bertz CT molecular complexity index is 1330. The van der Waals surface area contributed by atoms with E-state index in [0.29, 0.717) is 12.1 Å². The minimum atomic E-state index is -4.44. The molecule has 2 aliphatic carbocycles. The first kappa shape index (κ1) is 38.6. The summed E-state index contributed by atoms with van der Waals surface area (Å²) in [6, 6.07) is 3.26. The molecule has 230 valence electrons. The first-order chi connectivity index (χ1) is 20.9. The topological polar surface area (TPSA) is 0 Å². The van der Waals surface area contributed by atoms with E-state index in [1.807, 2.05) is 64.2 Å². The summed E-state index contributed by atoms with van der Waals surface area (Å²) in [6.07, 6.45) is 16.0. The number of halogens is 11. The Labute approximate surface area is 274 Å². The summed E-state index contributed by atoms with van der Waals surface area (Å²) in [5.41, 5.74) is -5.02. The van der Waals surface area contributed by atoms with Gasteiger partial charge in [-0.05, 0) is 70.3 Å². The second-order valence-corrected chi connectivity index (χ2v) is 9.17. The summed E-state index contributed by atoms with van der Waals surface area (Å²) in [7, 11) is 0. The van der Waals surface area contributed by atoms with E-state index in [-0.39, 0.29) is 26.2 Å². The maximum Gasteiger partial charge on any atom is 4.00 e. The average Bonchev–Trinajstić information content (AvgIpc) is 3.80. The van der Waals surface area contributed by atoms with Crippen LogP contribution in [0.1, 0.15) is 0 Å². The molecule has 0 atom stereocenters. The van der Waals surface area contributed by atoms with Gasteiger partial charge in [0.05, 0.1) is 12.0 Å². The molecule has 0 aromatic heterocycles. The summed E-state index contributed by atoms with van der Waals surface area (Å²) in [5, 5.41) is 0. The van der Waals surface area contributed by atoms with Crippen LogP contribution < -0.4 is 16.4 Å². The molecule has 2 fully saturated rings. The predicted molar refractivity (Wildman–Crippen MR) is 146 cm³/mol. The van der Waals surface area contributed by atoms with Crippen LogP contribution in [-0.4, -0.2) is 6.15 Å². The van der Waals surface area contributed by atoms with Gasteiger partial charge in [0.15, 0.2) is 34.9 Å². The van der Waals surface area contributed by atoms with Crippen molar-refractivity contribution in [2.75, 3.05) is 0 Å². The van der Waals surface area contributed by atoms with Gasteiger partial charge in [-0.2, -0.15) is 5.46 Å². The summed E-state index contributed by atoms with van der Waals surface area (Å²) < 4.78 is 159. The monoisotopic (exact) mass is 714 g/mol. The van der Waals surface area contributed by atoms with Gasteiger partial charge in [0.2, 0.25) is 0 Å². The van der Waals surface area contributed by atoms with Gasteiger partial charge < -0.3 is 0 Å². The van der Waals surface area contributed by atoms with Crippen LogP contribution in [-0.2, 0) is 26.2 Å². The van der Waals surface area contributed by atoms with Crippen molar-refractivity contribution in [2.24, 2.45) is 0 Å². The van der Waals surface area contributed by atoms with E-state index >= 15 is 0 Å². The van der Waals surface area contributed by atoms with Crippen LogP contribution in [0.3, 0.4) is 0 Å². The standard InChI is InChI=1S/C22H10BF11.2C5H5.Zr/c1-2-3-8-23(9-6-4-5-7-10(9)24,11-13(25)17(29)21(33)18(30)14(11)26)12-15(27)19(31)22(34)20(32)16(12)28;2*1-2-4-5-3-1;/h2-7H,1,8H2;2*1-5H;/q-2;;;+4/b3-2+;;;. The normalized spacial score (nSPS) is 14.5. The second kappa shape index (κ2) is 17.4. The third-order valence-electron chi connectivity index (χ3n) is 6.68. The maximum absolute atomic E-state index is 15.0. The largest absolute Gasteiger partial charge is 4.00 e. The smallest absolute Gasteiger partial charge is 0.264 e. The van der Waals surface area contributed by atoms with Crippen molar-refractivity contribution in [2.45, 2.75) is 6.32 Å². The third kappa shape index (κ3) is 8.06. The molecule has 2 saturated carbocycles. The summed E-state index contributed by atoms with van der Waals surface area (Å²) in [4.78, 5) is 0. The van der Waals surface area contributed by atoms with E-state index < -0.39 is 92.8 Å². The Kier molecular flexibility index (Phi) is 14.9. The molecular weight excluding hydrogens is 695 g/mol. The van der Waals surface area contributed by atoms with Crippen molar-refractivity contribution in [3.63, 3.8) is 0 Å². The Hall–Kier alpha value is -2.55. The minimum absolute atomic E-state index is 0. The quantitative estimate of drug-likeness (QED) is 0.0869. The van der Waals surface area contributed by atoms with Crippen LogP contribution in [0.4, 0.5) is 48.3 Å². The molecule has 0 N–H and O–H groups in total. The molecule has 0 unspecified atom stereocenters. The number of rotatable bonds is 5. The van der Waals surface area contributed by atoms with Crippen LogP contribution in [0.15, 0.2) is 36.4 Å². The zero-order valence-corrected chi connectivity index (χ0v) is 25.3. The van der Waals surface area contributed by atoms with E-state index in [0.717, 1.165) is 24.3 Å². The first-order valence-corrected chi connectivity index (χ1v) is 12.7. The van der Waals surface area contributed by atoms with Crippen LogP contribution >= 0.6 is 0 Å². The van der Waals surface area contributed by atoms with Gasteiger partial charge in [0.1, 0.15) is 23.3 Å². The molecule has 0 amide bonds. The Morgan fingerprint density at radius 2 is 0.756 bits per heavy atom. The molecule has 0 heterocycles. The van der Waals surface area contributed by atoms with Crippen molar-refractivity contribution in [1.82, 2.24) is 0 Å². The number of hydrogen-bond acceptors (Lipinski definition) is 0. The Balaban J connectivity index is 0.000000540. The summed E-state index contributed by atoms with van der Waals surface area (Å²) in [5.74, 6) is -27.6. The number of allylic oxidation sites excluding steroid dienone is 2. The van der Waals surface area contributed by atoms with Crippen molar-refractivity contribution >= 4 is 22.5 Å². The number of benzene rings is 3. The van der Waals surface area contributed by atoms with Crippen LogP contribution in [0.25, 0.3) is 0 Å². The van der Waals surface area contributed by atoms with Crippen LogP contribution in [0.5, 0.6) is 0 Å². The molecule has 5 rings (SSSR count). The average molecular weight is 716 g/mol. The Morgan fingerprint density at radius 1 is 0.467 bits per heavy atom. The zero-order chi connectivity index (χ0) is 32.6. The van der Waals surface area contributed by atoms with E-state index in [2.05, 4.69) is 6.92 Å². The molecule has 0 saturated heterocycles. The molecule has 0 aliphatic heterocycles. The first-order valence-electron chi connectivity index (χ1n) is 12.7. The minimum Gasteiger partial charge on any atom is -0.264 e. The molecule has 2 aliphatic rings. The number of hydrogen-bond donors (Lipinski definition) is 0. The second-order valence-electron chi connectivity index (χ2n) is 9.17. The molecule has 3 aromatic carbocycles. The molecular formula is C32H20BF11Zr+2. The van der Waals surface area contributed by atoms with Crippen molar-refractivity contribution in [3.05, 3.63) is 172 Å². The molecule has 0 nitrogen and oxygen atoms in total. The van der Waals surface area contributed by atoms with Gasteiger partial charge in [-0.3, -0.25) is 6.08 Å². The fourth-order valence-corrected chi connectivity index (χ4v) is 4.74. The van der Waals surface area contributed by atoms with E-state index in [1.54, 1.807) is 0 Å². The molecule has 0 spiro atoms. The van der Waals surface area contributed by atoms with Gasteiger partial charge >= 0.3 is 26.2 Å². The van der Waals surface area contributed by atoms with Crippen molar-refractivity contribution in [3.8, 4) is 0 Å². The maximum atomic E-state index is 15.0.